The summed E-state index contributed by atoms with van der Waals surface area (Å²) in [7, 11) is 0. The maximum absolute atomic E-state index is 13.3. The molecule has 0 atom stereocenters. The minimum Gasteiger partial charge on any atom is -0.490 e. The van der Waals surface area contributed by atoms with E-state index in [1.165, 1.54) is 6.07 Å². The number of pyridine rings is 1. The van der Waals surface area contributed by atoms with Crippen LogP contribution in [0.4, 0.5) is 30.4 Å². The number of rotatable bonds is 10. The molecule has 1 aromatic carbocycles. The van der Waals surface area contributed by atoms with E-state index in [0.717, 1.165) is 18.0 Å². The van der Waals surface area contributed by atoms with Crippen LogP contribution in [0.1, 0.15) is 44.6 Å². The Kier molecular flexibility index (Phi) is 9.67. The molecule has 218 valence electrons. The van der Waals surface area contributed by atoms with Gasteiger partial charge in [-0.1, -0.05) is 0 Å². The molecule has 2 fully saturated rings. The fourth-order valence-corrected chi connectivity index (χ4v) is 5.06. The van der Waals surface area contributed by atoms with Gasteiger partial charge in [-0.15, -0.1) is 0 Å². The van der Waals surface area contributed by atoms with Crippen molar-refractivity contribution in [3.8, 4) is 5.75 Å². The molecule has 0 bridgehead atoms. The lowest BCUT2D eigenvalue weighted by Gasteiger charge is -2.35. The molecular formula is C27H34F3N5O5. The Morgan fingerprint density at radius 2 is 1.85 bits per heavy atom. The Labute approximate surface area is 230 Å². The summed E-state index contributed by atoms with van der Waals surface area (Å²) in [5.41, 5.74) is -2.01. The normalized spacial score (nSPS) is 19.8. The molecule has 1 saturated carbocycles. The van der Waals surface area contributed by atoms with Crippen LogP contribution < -0.4 is 15.0 Å². The summed E-state index contributed by atoms with van der Waals surface area (Å²) in [5.74, 6) is 1.58. The zero-order valence-electron chi connectivity index (χ0n) is 22.4. The van der Waals surface area contributed by atoms with Gasteiger partial charge in [-0.05, 0) is 50.8 Å². The first-order chi connectivity index (χ1) is 19.1. The summed E-state index contributed by atoms with van der Waals surface area (Å²) in [4.78, 5) is 30.7. The predicted octanol–water partition coefficient (Wildman–Crippen LogP) is 4.89. The number of aromatic nitrogens is 1. The van der Waals surface area contributed by atoms with Crippen molar-refractivity contribution in [2.24, 2.45) is 0 Å². The molecule has 0 spiro atoms. The van der Waals surface area contributed by atoms with Crippen LogP contribution in [0.3, 0.4) is 0 Å². The first-order valence-electron chi connectivity index (χ1n) is 13.5. The number of hydrogen-bond donors (Lipinski definition) is 1. The number of piperazine rings is 1. The van der Waals surface area contributed by atoms with E-state index in [9.17, 15) is 28.1 Å². The van der Waals surface area contributed by atoms with E-state index < -0.39 is 22.4 Å². The number of amides is 1. The fourth-order valence-electron chi connectivity index (χ4n) is 5.06. The Bertz CT molecular complexity index is 1170. The zero-order chi connectivity index (χ0) is 28.7. The minimum atomic E-state index is -4.82. The topological polar surface area (TPSA) is 110 Å². The number of ether oxygens (including phenoxy) is 2. The van der Waals surface area contributed by atoms with Crippen molar-refractivity contribution >= 4 is 23.1 Å². The molecule has 2 aromatic rings. The van der Waals surface area contributed by atoms with Crippen LogP contribution in [0, 0.1) is 10.1 Å². The van der Waals surface area contributed by atoms with Gasteiger partial charge in [0, 0.05) is 62.8 Å². The van der Waals surface area contributed by atoms with Crippen LogP contribution >= 0.6 is 0 Å². The summed E-state index contributed by atoms with van der Waals surface area (Å²) >= 11 is 0. The van der Waals surface area contributed by atoms with Crippen molar-refractivity contribution in [2.75, 3.05) is 49.6 Å². The number of anilines is 2. The highest BCUT2D eigenvalue weighted by Gasteiger charge is 2.38. The van der Waals surface area contributed by atoms with Crippen LogP contribution in [0.5, 0.6) is 5.75 Å². The maximum Gasteiger partial charge on any atom is 0.423 e. The molecular weight excluding hydrogens is 531 g/mol. The summed E-state index contributed by atoms with van der Waals surface area (Å²) < 4.78 is 51.4. The third-order valence-electron chi connectivity index (χ3n) is 7.18. The quantitative estimate of drug-likeness (QED) is 0.247. The predicted molar refractivity (Wildman–Crippen MR) is 143 cm³/mol. The lowest BCUT2D eigenvalue weighted by atomic mass is 9.92. The number of alkyl halides is 3. The average molecular weight is 566 g/mol. The van der Waals surface area contributed by atoms with Gasteiger partial charge in [0.1, 0.15) is 17.1 Å². The number of halogens is 3. The van der Waals surface area contributed by atoms with Crippen LogP contribution in [-0.4, -0.2) is 72.3 Å². The Morgan fingerprint density at radius 1 is 1.12 bits per heavy atom. The van der Waals surface area contributed by atoms with Gasteiger partial charge in [-0.25, -0.2) is 4.98 Å². The number of carbonyl (C=O) groups is 1. The van der Waals surface area contributed by atoms with Crippen molar-refractivity contribution in [2.45, 2.75) is 57.3 Å². The summed E-state index contributed by atoms with van der Waals surface area (Å²) in [6.45, 7) is 5.52. The van der Waals surface area contributed by atoms with E-state index in [4.69, 9.17) is 9.47 Å². The SMILES string of the molecule is CCOCCC(=O)N1CCN(c2cc(OC3CCC(Nc4ccc([N+](=O)[O-])c(C(F)(F)F)c4)CC3)ccn2)CC1. The molecule has 2 heterocycles. The van der Waals surface area contributed by atoms with Gasteiger partial charge in [-0.3, -0.25) is 14.9 Å². The first-order valence-corrected chi connectivity index (χ1v) is 13.5. The van der Waals surface area contributed by atoms with Crippen molar-refractivity contribution in [1.82, 2.24) is 9.88 Å². The van der Waals surface area contributed by atoms with Crippen LogP contribution in [0.2, 0.25) is 0 Å². The summed E-state index contributed by atoms with van der Waals surface area (Å²) in [6.07, 6.45) is -0.00596. The van der Waals surface area contributed by atoms with Crippen molar-refractivity contribution in [1.29, 1.82) is 0 Å². The van der Waals surface area contributed by atoms with E-state index in [-0.39, 0.29) is 23.7 Å². The Balaban J connectivity index is 1.26. The van der Waals surface area contributed by atoms with Gasteiger partial charge in [0.25, 0.3) is 5.69 Å². The monoisotopic (exact) mass is 565 g/mol. The highest BCUT2D eigenvalue weighted by atomic mass is 19.4. The number of nitrogens with one attached hydrogen (secondary N) is 1. The minimum absolute atomic E-state index is 0.0456. The fraction of sp³-hybridized carbons (Fsp3) is 0.556. The van der Waals surface area contributed by atoms with Crippen molar-refractivity contribution in [3.05, 3.63) is 52.2 Å². The molecule has 1 saturated heterocycles. The van der Waals surface area contributed by atoms with Gasteiger partial charge in [-0.2, -0.15) is 13.2 Å². The second-order valence-corrected chi connectivity index (χ2v) is 9.89. The first kappa shape index (κ1) is 29.4. The lowest BCUT2D eigenvalue weighted by Crippen LogP contribution is -2.49. The van der Waals surface area contributed by atoms with E-state index in [1.54, 1.807) is 12.3 Å². The highest BCUT2D eigenvalue weighted by Crippen LogP contribution is 2.38. The Morgan fingerprint density at radius 3 is 2.50 bits per heavy atom. The molecule has 40 heavy (non-hydrogen) atoms. The number of carbonyl (C=O) groups excluding carboxylic acids is 1. The summed E-state index contributed by atoms with van der Waals surface area (Å²) in [6, 6.07) is 6.63. The van der Waals surface area contributed by atoms with Gasteiger partial charge in [0.15, 0.2) is 0 Å². The smallest absolute Gasteiger partial charge is 0.423 e. The lowest BCUT2D eigenvalue weighted by molar-refractivity contribution is -0.388. The molecule has 4 rings (SSSR count). The van der Waals surface area contributed by atoms with Gasteiger partial charge in [0.2, 0.25) is 5.91 Å². The van der Waals surface area contributed by atoms with E-state index in [1.807, 2.05) is 17.9 Å². The third kappa shape index (κ3) is 7.74. The van der Waals surface area contributed by atoms with E-state index in [2.05, 4.69) is 15.2 Å². The Hall–Kier alpha value is -3.61. The van der Waals surface area contributed by atoms with E-state index >= 15 is 0 Å². The molecule has 1 aliphatic heterocycles. The number of nitro benzene ring substituents is 1. The molecule has 1 aromatic heterocycles. The van der Waals surface area contributed by atoms with Gasteiger partial charge < -0.3 is 24.6 Å². The number of nitrogens with zero attached hydrogens (tertiary/aromatic N) is 4. The molecule has 2 aliphatic rings. The molecule has 1 amide bonds. The molecule has 0 unspecified atom stereocenters. The van der Waals surface area contributed by atoms with Crippen molar-refractivity contribution in [3.63, 3.8) is 0 Å². The molecule has 1 aliphatic carbocycles. The second-order valence-electron chi connectivity index (χ2n) is 9.89. The van der Waals surface area contributed by atoms with Crippen LogP contribution in [0.25, 0.3) is 0 Å². The largest absolute Gasteiger partial charge is 0.490 e. The molecule has 0 radical (unpaired) electrons. The number of hydrogen-bond acceptors (Lipinski definition) is 8. The highest BCUT2D eigenvalue weighted by molar-refractivity contribution is 5.76. The van der Waals surface area contributed by atoms with Crippen LogP contribution in [0.15, 0.2) is 36.5 Å². The van der Waals surface area contributed by atoms with Gasteiger partial charge >= 0.3 is 6.18 Å². The number of benzene rings is 1. The van der Waals surface area contributed by atoms with Crippen molar-refractivity contribution < 1.29 is 32.4 Å². The average Bonchev–Trinajstić information content (AvgIpc) is 2.94. The number of nitro groups is 1. The van der Waals surface area contributed by atoms with Crippen LogP contribution in [-0.2, 0) is 15.7 Å². The molecule has 1 N–H and O–H groups in total. The zero-order valence-corrected chi connectivity index (χ0v) is 22.4. The molecule has 13 heteroatoms. The molecule has 10 nitrogen and oxygen atoms in total. The van der Waals surface area contributed by atoms with Gasteiger partial charge in [0.05, 0.1) is 24.1 Å². The second kappa shape index (κ2) is 13.2. The van der Waals surface area contributed by atoms with E-state index in [0.29, 0.717) is 77.2 Å². The third-order valence-corrected chi connectivity index (χ3v) is 7.18. The maximum atomic E-state index is 13.3. The summed E-state index contributed by atoms with van der Waals surface area (Å²) in [5, 5.41) is 14.1. The standard InChI is InChI=1S/C27H34F3N5O5/c1-2-39-16-10-26(36)34-14-12-33(13-15-34)25-18-22(9-11-31-25)40-21-6-3-19(4-7-21)32-20-5-8-24(35(37)38)23(17-20)27(28,29)30/h5,8-9,11,17-19,21,32H,2-4,6-7,10,12-16H2,1H3.